The topological polar surface area (TPSA) is 52.6 Å². The second-order valence-electron chi connectivity index (χ2n) is 11.3. The molecular formula is C34H53F3O4S2. The SMILES string of the molecule is CCCCCCCCCCCCCCCCCCOc1ccc(S(CC)(Cc2ccccc2)OS(=O)(=O)C(F)(F)F)cc1. The molecule has 2 rings (SSSR count). The van der Waals surface area contributed by atoms with Gasteiger partial charge < -0.3 is 4.74 Å². The van der Waals surface area contributed by atoms with E-state index in [0.717, 1.165) is 12.8 Å². The second-order valence-corrected chi connectivity index (χ2v) is 16.2. The minimum atomic E-state index is -5.78. The highest BCUT2D eigenvalue weighted by molar-refractivity contribution is 8.32. The number of alkyl halides is 3. The van der Waals surface area contributed by atoms with Crippen LogP contribution in [0.15, 0.2) is 59.5 Å². The van der Waals surface area contributed by atoms with Gasteiger partial charge in [-0.1, -0.05) is 151 Å². The summed E-state index contributed by atoms with van der Waals surface area (Å²) in [6.45, 7) is 4.48. The van der Waals surface area contributed by atoms with E-state index in [0.29, 0.717) is 22.8 Å². The lowest BCUT2D eigenvalue weighted by atomic mass is 10.0. The summed E-state index contributed by atoms with van der Waals surface area (Å²) in [6, 6.07) is 15.5. The van der Waals surface area contributed by atoms with Crippen molar-refractivity contribution in [1.82, 2.24) is 0 Å². The second kappa shape index (κ2) is 20.3. The third kappa shape index (κ3) is 14.3. The molecule has 0 fully saturated rings. The van der Waals surface area contributed by atoms with Crippen LogP contribution < -0.4 is 4.74 Å². The van der Waals surface area contributed by atoms with Gasteiger partial charge in [-0.2, -0.15) is 21.6 Å². The van der Waals surface area contributed by atoms with E-state index in [4.69, 9.17) is 8.37 Å². The molecule has 9 heteroatoms. The van der Waals surface area contributed by atoms with Crippen LogP contribution in [0.2, 0.25) is 0 Å². The van der Waals surface area contributed by atoms with Crippen LogP contribution in [0.5, 0.6) is 5.75 Å². The minimum Gasteiger partial charge on any atom is -0.494 e. The maximum Gasteiger partial charge on any atom is 0.523 e. The van der Waals surface area contributed by atoms with Crippen LogP contribution in [0, 0.1) is 0 Å². The van der Waals surface area contributed by atoms with Crippen LogP contribution in [0.3, 0.4) is 0 Å². The Bertz CT molecular complexity index is 1090. The van der Waals surface area contributed by atoms with Gasteiger partial charge in [-0.05, 0) is 36.2 Å². The summed E-state index contributed by atoms with van der Waals surface area (Å²) in [5.74, 6) is 0.767. The Hall–Kier alpha value is -1.71. The van der Waals surface area contributed by atoms with Gasteiger partial charge in [0.15, 0.2) is 0 Å². The molecule has 0 spiro atoms. The molecule has 43 heavy (non-hydrogen) atoms. The summed E-state index contributed by atoms with van der Waals surface area (Å²) in [5, 5.41) is 0. The van der Waals surface area contributed by atoms with E-state index in [2.05, 4.69) is 6.92 Å². The molecule has 0 saturated heterocycles. The van der Waals surface area contributed by atoms with Gasteiger partial charge in [0.05, 0.1) is 6.61 Å². The molecule has 0 heterocycles. The first kappa shape index (κ1) is 37.5. The van der Waals surface area contributed by atoms with Gasteiger partial charge in [0.1, 0.15) is 5.75 Å². The lowest BCUT2D eigenvalue weighted by Gasteiger charge is -2.38. The Balaban J connectivity index is 1.72. The molecule has 4 nitrogen and oxygen atoms in total. The number of ether oxygens (including phenoxy) is 1. The first-order chi connectivity index (χ1) is 20.6. The minimum absolute atomic E-state index is 0.0546. The lowest BCUT2D eigenvalue weighted by Crippen LogP contribution is -2.28. The third-order valence-corrected chi connectivity index (χ3v) is 12.9. The molecule has 0 aliphatic heterocycles. The van der Waals surface area contributed by atoms with Crippen molar-refractivity contribution in [3.05, 3.63) is 60.2 Å². The molecule has 246 valence electrons. The van der Waals surface area contributed by atoms with Gasteiger partial charge in [0, 0.05) is 16.4 Å². The maximum atomic E-state index is 13.3. The van der Waals surface area contributed by atoms with Gasteiger partial charge in [0.25, 0.3) is 0 Å². The van der Waals surface area contributed by atoms with Crippen LogP contribution in [-0.4, -0.2) is 26.3 Å². The molecule has 0 aromatic heterocycles. The molecule has 0 N–H and O–H groups in total. The monoisotopic (exact) mass is 646 g/mol. The Kier molecular flexibility index (Phi) is 17.7. The standard InChI is InChI=1S/C34H53F3O4S2/c1-3-5-6-7-8-9-10-11-12-13-14-15-16-17-18-22-29-40-32-25-27-33(28-26-32)42(4-2,30-31-23-20-19-21-24-31)41-43(38,39)34(35,36)37/h19-21,23-28H,3-18,22,29-30H2,1-2H3. The van der Waals surface area contributed by atoms with Crippen molar-refractivity contribution in [2.45, 2.75) is 133 Å². The van der Waals surface area contributed by atoms with Gasteiger partial charge >= 0.3 is 15.6 Å². The molecule has 1 atom stereocenters. The first-order valence-electron chi connectivity index (χ1n) is 16.2. The van der Waals surface area contributed by atoms with E-state index in [1.165, 1.54) is 89.9 Å². The summed E-state index contributed by atoms with van der Waals surface area (Å²) in [6.07, 6.45) is 20.8. The fourth-order valence-electron chi connectivity index (χ4n) is 5.14. The zero-order valence-electron chi connectivity index (χ0n) is 26.2. The van der Waals surface area contributed by atoms with Gasteiger partial charge in [-0.25, -0.2) is 3.63 Å². The molecule has 0 radical (unpaired) electrons. The Morgan fingerprint density at radius 3 is 1.53 bits per heavy atom. The Labute approximate surface area is 260 Å². The van der Waals surface area contributed by atoms with Gasteiger partial charge in [0.2, 0.25) is 0 Å². The highest BCUT2D eigenvalue weighted by atomic mass is 32.3. The molecule has 2 aromatic rings. The van der Waals surface area contributed by atoms with Gasteiger partial charge in [-0.15, -0.1) is 0 Å². The summed E-state index contributed by atoms with van der Waals surface area (Å²) in [7, 11) is -8.62. The highest BCUT2D eigenvalue weighted by Gasteiger charge is 2.51. The number of benzene rings is 2. The fraction of sp³-hybridized carbons (Fsp3) is 0.647. The van der Waals surface area contributed by atoms with Crippen LogP contribution in [0.25, 0.3) is 0 Å². The van der Waals surface area contributed by atoms with Crippen molar-refractivity contribution in [2.24, 2.45) is 0 Å². The predicted molar refractivity (Wildman–Crippen MR) is 174 cm³/mol. The van der Waals surface area contributed by atoms with E-state index in [1.54, 1.807) is 61.5 Å². The number of rotatable bonds is 24. The van der Waals surface area contributed by atoms with Crippen LogP contribution >= 0.6 is 10.3 Å². The molecular weight excluding hydrogens is 593 g/mol. The third-order valence-electron chi connectivity index (χ3n) is 7.73. The number of hydrogen-bond acceptors (Lipinski definition) is 4. The van der Waals surface area contributed by atoms with Crippen molar-refractivity contribution >= 4 is 20.4 Å². The van der Waals surface area contributed by atoms with E-state index in [-0.39, 0.29) is 11.5 Å². The smallest absolute Gasteiger partial charge is 0.494 e. The average Bonchev–Trinajstić information content (AvgIpc) is 2.98. The molecule has 0 saturated carbocycles. The zero-order chi connectivity index (χ0) is 31.4. The predicted octanol–water partition coefficient (Wildman–Crippen LogP) is 11.5. The van der Waals surface area contributed by atoms with Crippen LogP contribution in [-0.2, 0) is 19.5 Å². The molecule has 2 aromatic carbocycles. The van der Waals surface area contributed by atoms with E-state index in [1.807, 2.05) is 0 Å². The normalized spacial score (nSPS) is 14.3. The summed E-state index contributed by atoms with van der Waals surface area (Å²) in [5.41, 5.74) is -4.78. The summed E-state index contributed by atoms with van der Waals surface area (Å²) < 4.78 is 75.0. The van der Waals surface area contributed by atoms with Crippen molar-refractivity contribution in [3.63, 3.8) is 0 Å². The lowest BCUT2D eigenvalue weighted by molar-refractivity contribution is -0.0496. The quantitative estimate of drug-likeness (QED) is 0.0841. The zero-order valence-corrected chi connectivity index (χ0v) is 27.8. The van der Waals surface area contributed by atoms with Crippen LogP contribution in [0.1, 0.15) is 122 Å². The molecule has 0 amide bonds. The highest BCUT2D eigenvalue weighted by Crippen LogP contribution is 2.61. The largest absolute Gasteiger partial charge is 0.523 e. The fourth-order valence-corrected chi connectivity index (χ4v) is 9.78. The van der Waals surface area contributed by atoms with E-state index in [9.17, 15) is 21.6 Å². The molecule has 1 unspecified atom stereocenters. The number of hydrogen-bond donors (Lipinski definition) is 0. The summed E-state index contributed by atoms with van der Waals surface area (Å²) in [4.78, 5) is 0.432. The molecule has 0 aliphatic rings. The van der Waals surface area contributed by atoms with Gasteiger partial charge in [-0.3, -0.25) is 0 Å². The van der Waals surface area contributed by atoms with Crippen molar-refractivity contribution in [3.8, 4) is 5.75 Å². The first-order valence-corrected chi connectivity index (χ1v) is 19.5. The maximum absolute atomic E-state index is 13.3. The molecule has 0 bridgehead atoms. The Morgan fingerprint density at radius 1 is 0.628 bits per heavy atom. The van der Waals surface area contributed by atoms with Crippen molar-refractivity contribution in [2.75, 3.05) is 12.4 Å². The van der Waals surface area contributed by atoms with E-state index >= 15 is 0 Å². The van der Waals surface area contributed by atoms with Crippen LogP contribution in [0.4, 0.5) is 13.2 Å². The van der Waals surface area contributed by atoms with Crippen molar-refractivity contribution < 1.29 is 30.0 Å². The van der Waals surface area contributed by atoms with Crippen molar-refractivity contribution in [1.29, 1.82) is 0 Å². The average molecular weight is 647 g/mol. The summed E-state index contributed by atoms with van der Waals surface area (Å²) >= 11 is 0. The molecule has 0 aliphatic carbocycles. The number of unbranched alkanes of at least 4 members (excludes halogenated alkanes) is 15. The van der Waals surface area contributed by atoms with E-state index < -0.39 is 25.9 Å². The number of halogens is 3. The Morgan fingerprint density at radius 2 is 1.09 bits per heavy atom.